The smallest absolute Gasteiger partial charge is 0.323 e. The van der Waals surface area contributed by atoms with E-state index in [2.05, 4.69) is 4.98 Å². The number of pyridine rings is 1. The number of hydrogen-bond donors (Lipinski definition) is 1. The molecule has 0 aliphatic heterocycles. The quantitative estimate of drug-likeness (QED) is 0.751. The third-order valence-electron chi connectivity index (χ3n) is 1.61. The largest absolute Gasteiger partial charge is 0.480 e. The second kappa shape index (κ2) is 4.23. The molecule has 0 saturated heterocycles. The Kier molecular flexibility index (Phi) is 3.02. The van der Waals surface area contributed by atoms with Crippen LogP contribution in [0.15, 0.2) is 18.2 Å². The fourth-order valence-electron chi connectivity index (χ4n) is 0.982. The molecular formula is C9H9N3O2. The van der Waals surface area contributed by atoms with Gasteiger partial charge in [0.2, 0.25) is 0 Å². The lowest BCUT2D eigenvalue weighted by molar-refractivity contribution is -0.135. The molecule has 1 N–H and O–H groups in total. The van der Waals surface area contributed by atoms with Gasteiger partial charge in [-0.15, -0.1) is 0 Å². The molecule has 0 atom stereocenters. The van der Waals surface area contributed by atoms with E-state index in [1.54, 1.807) is 25.2 Å². The minimum atomic E-state index is -0.934. The van der Waals surface area contributed by atoms with E-state index in [1.807, 2.05) is 6.07 Å². The first-order valence-electron chi connectivity index (χ1n) is 3.93. The zero-order chi connectivity index (χ0) is 10.6. The zero-order valence-electron chi connectivity index (χ0n) is 7.64. The lowest BCUT2D eigenvalue weighted by atomic mass is 10.3. The van der Waals surface area contributed by atoms with Gasteiger partial charge in [-0.3, -0.25) is 4.79 Å². The minimum absolute atomic E-state index is 0.137. The van der Waals surface area contributed by atoms with Gasteiger partial charge in [-0.2, -0.15) is 5.26 Å². The fraction of sp³-hybridized carbons (Fsp3) is 0.222. The number of hydrogen-bond acceptors (Lipinski definition) is 4. The van der Waals surface area contributed by atoms with Crippen LogP contribution in [0.2, 0.25) is 0 Å². The van der Waals surface area contributed by atoms with Gasteiger partial charge in [-0.25, -0.2) is 4.98 Å². The standard InChI is InChI=1S/C9H9N3O2/c1-12(6-9(13)14)8-4-2-3-7(5-10)11-8/h2-4H,6H2,1H3,(H,13,14). The second-order valence-electron chi connectivity index (χ2n) is 2.74. The maximum absolute atomic E-state index is 10.4. The Bertz CT molecular complexity index is 384. The van der Waals surface area contributed by atoms with Gasteiger partial charge in [0.1, 0.15) is 24.1 Å². The van der Waals surface area contributed by atoms with Gasteiger partial charge in [0.15, 0.2) is 0 Å². The van der Waals surface area contributed by atoms with E-state index in [4.69, 9.17) is 10.4 Å². The van der Waals surface area contributed by atoms with Crippen LogP contribution in [0.4, 0.5) is 5.82 Å². The number of likely N-dealkylation sites (N-methyl/N-ethyl adjacent to an activating group) is 1. The van der Waals surface area contributed by atoms with E-state index in [1.165, 1.54) is 4.90 Å². The average Bonchev–Trinajstić information content (AvgIpc) is 2.17. The third kappa shape index (κ3) is 2.45. The number of anilines is 1. The second-order valence-corrected chi connectivity index (χ2v) is 2.74. The first-order chi connectivity index (χ1) is 6.63. The number of carbonyl (C=O) groups is 1. The Hall–Kier alpha value is -2.09. The van der Waals surface area contributed by atoms with Crippen LogP contribution in [0.3, 0.4) is 0 Å². The number of nitriles is 1. The molecular weight excluding hydrogens is 182 g/mol. The van der Waals surface area contributed by atoms with Gasteiger partial charge in [0.25, 0.3) is 0 Å². The summed E-state index contributed by atoms with van der Waals surface area (Å²) in [5.74, 6) is -0.455. The van der Waals surface area contributed by atoms with Crippen molar-refractivity contribution in [3.63, 3.8) is 0 Å². The lowest BCUT2D eigenvalue weighted by Gasteiger charge is -2.14. The Morgan fingerprint density at radius 3 is 3.00 bits per heavy atom. The summed E-state index contributed by atoms with van der Waals surface area (Å²) >= 11 is 0. The van der Waals surface area contributed by atoms with Crippen LogP contribution in [0.1, 0.15) is 5.69 Å². The Morgan fingerprint density at radius 2 is 2.43 bits per heavy atom. The summed E-state index contributed by atoms with van der Waals surface area (Å²) in [6.07, 6.45) is 0. The van der Waals surface area contributed by atoms with E-state index < -0.39 is 5.97 Å². The van der Waals surface area contributed by atoms with Gasteiger partial charge in [0, 0.05) is 7.05 Å². The Morgan fingerprint density at radius 1 is 1.71 bits per heavy atom. The monoisotopic (exact) mass is 191 g/mol. The van der Waals surface area contributed by atoms with Crippen LogP contribution in [-0.4, -0.2) is 29.7 Å². The molecule has 0 aliphatic rings. The van der Waals surface area contributed by atoms with Crippen LogP contribution < -0.4 is 4.90 Å². The highest BCUT2D eigenvalue weighted by Crippen LogP contribution is 2.08. The molecule has 0 saturated carbocycles. The molecule has 0 radical (unpaired) electrons. The maximum Gasteiger partial charge on any atom is 0.323 e. The van der Waals surface area contributed by atoms with Crippen molar-refractivity contribution in [1.82, 2.24) is 4.98 Å². The summed E-state index contributed by atoms with van der Waals surface area (Å²) in [6, 6.07) is 6.78. The van der Waals surface area contributed by atoms with Crippen LogP contribution in [0, 0.1) is 11.3 Å². The molecule has 0 aromatic carbocycles. The van der Waals surface area contributed by atoms with Gasteiger partial charge in [-0.05, 0) is 12.1 Å². The third-order valence-corrected chi connectivity index (χ3v) is 1.61. The van der Waals surface area contributed by atoms with Crippen molar-refractivity contribution in [2.45, 2.75) is 0 Å². The minimum Gasteiger partial charge on any atom is -0.480 e. The molecule has 0 aliphatic carbocycles. The summed E-state index contributed by atoms with van der Waals surface area (Å²) in [6.45, 7) is -0.137. The summed E-state index contributed by atoms with van der Waals surface area (Å²) in [7, 11) is 1.61. The molecule has 0 fully saturated rings. The molecule has 1 aromatic heterocycles. The first-order valence-corrected chi connectivity index (χ1v) is 3.93. The van der Waals surface area contributed by atoms with Gasteiger partial charge in [0.05, 0.1) is 0 Å². The molecule has 1 rings (SSSR count). The molecule has 14 heavy (non-hydrogen) atoms. The van der Waals surface area contributed by atoms with Crippen LogP contribution in [0.5, 0.6) is 0 Å². The first kappa shape index (κ1) is 9.99. The number of nitrogens with zero attached hydrogens (tertiary/aromatic N) is 3. The normalized spacial score (nSPS) is 9.14. The molecule has 0 unspecified atom stereocenters. The maximum atomic E-state index is 10.4. The van der Waals surface area contributed by atoms with Crippen LogP contribution >= 0.6 is 0 Å². The molecule has 5 nitrogen and oxygen atoms in total. The highest BCUT2D eigenvalue weighted by atomic mass is 16.4. The van der Waals surface area contributed by atoms with Gasteiger partial charge >= 0.3 is 5.97 Å². The summed E-state index contributed by atoms with van der Waals surface area (Å²) in [5.41, 5.74) is 0.278. The summed E-state index contributed by atoms with van der Waals surface area (Å²) in [5, 5.41) is 17.1. The Labute approximate surface area is 81.2 Å². The van der Waals surface area contributed by atoms with Gasteiger partial charge in [-0.1, -0.05) is 6.07 Å². The SMILES string of the molecule is CN(CC(=O)O)c1cccc(C#N)n1. The number of aliphatic carboxylic acids is 1. The number of carboxylic acids is 1. The molecule has 1 aromatic rings. The van der Waals surface area contributed by atoms with Crippen LogP contribution in [0.25, 0.3) is 0 Å². The molecule has 0 spiro atoms. The van der Waals surface area contributed by atoms with E-state index in [9.17, 15) is 4.79 Å². The van der Waals surface area contributed by atoms with Crippen molar-refractivity contribution >= 4 is 11.8 Å². The summed E-state index contributed by atoms with van der Waals surface area (Å²) in [4.78, 5) is 15.8. The fourth-order valence-corrected chi connectivity index (χ4v) is 0.982. The van der Waals surface area contributed by atoms with Crippen molar-refractivity contribution in [3.8, 4) is 6.07 Å². The highest BCUT2D eigenvalue weighted by Gasteiger charge is 2.06. The van der Waals surface area contributed by atoms with E-state index in [-0.39, 0.29) is 12.2 Å². The van der Waals surface area contributed by atoms with Crippen molar-refractivity contribution < 1.29 is 9.90 Å². The van der Waals surface area contributed by atoms with E-state index in [0.29, 0.717) is 5.82 Å². The van der Waals surface area contributed by atoms with Crippen molar-refractivity contribution in [1.29, 1.82) is 5.26 Å². The number of carboxylic acid groups (broad SMARTS) is 1. The average molecular weight is 191 g/mol. The molecule has 72 valence electrons. The molecule has 5 heteroatoms. The van der Waals surface area contributed by atoms with Gasteiger partial charge < -0.3 is 10.0 Å². The summed E-state index contributed by atoms with van der Waals surface area (Å²) < 4.78 is 0. The van der Waals surface area contributed by atoms with Crippen molar-refractivity contribution in [3.05, 3.63) is 23.9 Å². The highest BCUT2D eigenvalue weighted by molar-refractivity contribution is 5.72. The topological polar surface area (TPSA) is 77.2 Å². The van der Waals surface area contributed by atoms with E-state index >= 15 is 0 Å². The lowest BCUT2D eigenvalue weighted by Crippen LogP contribution is -2.25. The van der Waals surface area contributed by atoms with Crippen LogP contribution in [-0.2, 0) is 4.79 Å². The van der Waals surface area contributed by atoms with Crippen molar-refractivity contribution in [2.75, 3.05) is 18.5 Å². The molecule has 0 amide bonds. The Balaban J connectivity index is 2.85. The molecule has 1 heterocycles. The van der Waals surface area contributed by atoms with Crippen molar-refractivity contribution in [2.24, 2.45) is 0 Å². The predicted octanol–water partition coefficient (Wildman–Crippen LogP) is 0.474. The zero-order valence-corrected chi connectivity index (χ0v) is 7.64. The number of aromatic nitrogens is 1. The van der Waals surface area contributed by atoms with E-state index in [0.717, 1.165) is 0 Å². The molecule has 0 bridgehead atoms. The number of rotatable bonds is 3. The predicted molar refractivity (Wildman–Crippen MR) is 49.9 cm³/mol.